The zero-order chi connectivity index (χ0) is 18.0. The van der Waals surface area contributed by atoms with E-state index in [1.54, 1.807) is 13.2 Å². The van der Waals surface area contributed by atoms with Crippen LogP contribution in [0.25, 0.3) is 6.08 Å². The second kappa shape index (κ2) is 10.0. The molecule has 0 fully saturated rings. The minimum atomic E-state index is -3.91. The fourth-order valence-corrected chi connectivity index (χ4v) is 2.56. The first-order valence-electron chi connectivity index (χ1n) is 7.25. The lowest BCUT2D eigenvalue weighted by Crippen LogP contribution is -2.32. The summed E-state index contributed by atoms with van der Waals surface area (Å²) in [5.41, 5.74) is 0.521. The molecule has 0 radical (unpaired) electrons. The van der Waals surface area contributed by atoms with Crippen molar-refractivity contribution in [1.82, 2.24) is 10.6 Å². The summed E-state index contributed by atoms with van der Waals surface area (Å²) in [5.74, 6) is -0.127. The average Bonchev–Trinajstić information content (AvgIpc) is 2.55. The van der Waals surface area contributed by atoms with Crippen LogP contribution in [0.2, 0.25) is 0 Å². The fraction of sp³-hybridized carbons (Fsp3) is 0.400. The van der Waals surface area contributed by atoms with Crippen LogP contribution < -0.4 is 20.5 Å². The Kier molecular flexibility index (Phi) is 8.41. The smallest absolute Gasteiger partial charge is 0.244 e. The predicted molar refractivity (Wildman–Crippen MR) is 91.2 cm³/mol. The van der Waals surface area contributed by atoms with E-state index in [0.717, 1.165) is 0 Å². The summed E-state index contributed by atoms with van der Waals surface area (Å²) in [6.07, 6.45) is 2.83. The largest absolute Gasteiger partial charge is 0.495 e. The molecule has 8 nitrogen and oxygen atoms in total. The van der Waals surface area contributed by atoms with Gasteiger partial charge >= 0.3 is 0 Å². The number of sulfonamides is 1. The Labute approximate surface area is 142 Å². The van der Waals surface area contributed by atoms with Crippen LogP contribution in [0.15, 0.2) is 29.2 Å². The molecular formula is C15H23N3O5S. The van der Waals surface area contributed by atoms with E-state index in [1.807, 2.05) is 0 Å². The third kappa shape index (κ3) is 7.09. The summed E-state index contributed by atoms with van der Waals surface area (Å²) in [6.45, 7) is 2.42. The molecule has 134 valence electrons. The van der Waals surface area contributed by atoms with Crippen molar-refractivity contribution in [2.75, 3.05) is 40.5 Å². The molecule has 0 unspecified atom stereocenters. The number of methoxy groups -OCH3 is 2. The van der Waals surface area contributed by atoms with E-state index in [4.69, 9.17) is 14.6 Å². The van der Waals surface area contributed by atoms with Crippen molar-refractivity contribution in [2.45, 2.75) is 4.90 Å². The number of hydrogen-bond acceptors (Lipinski definition) is 6. The van der Waals surface area contributed by atoms with Crippen LogP contribution in [0.5, 0.6) is 5.75 Å². The summed E-state index contributed by atoms with van der Waals surface area (Å²) >= 11 is 0. The highest BCUT2D eigenvalue weighted by atomic mass is 32.2. The van der Waals surface area contributed by atoms with Gasteiger partial charge in [-0.3, -0.25) is 4.79 Å². The van der Waals surface area contributed by atoms with Crippen LogP contribution in [0.4, 0.5) is 0 Å². The lowest BCUT2D eigenvalue weighted by atomic mass is 10.2. The van der Waals surface area contributed by atoms with E-state index in [0.29, 0.717) is 31.8 Å². The molecule has 0 saturated carbocycles. The van der Waals surface area contributed by atoms with Crippen LogP contribution in [-0.4, -0.2) is 54.8 Å². The Morgan fingerprint density at radius 3 is 2.62 bits per heavy atom. The Morgan fingerprint density at radius 1 is 1.25 bits per heavy atom. The van der Waals surface area contributed by atoms with Crippen molar-refractivity contribution >= 4 is 22.0 Å². The number of benzene rings is 1. The van der Waals surface area contributed by atoms with Crippen LogP contribution in [0, 0.1) is 0 Å². The highest BCUT2D eigenvalue weighted by molar-refractivity contribution is 7.89. The maximum atomic E-state index is 11.7. The molecule has 24 heavy (non-hydrogen) atoms. The molecule has 1 aromatic carbocycles. The lowest BCUT2D eigenvalue weighted by Gasteiger charge is -2.07. The predicted octanol–water partition coefficient (Wildman–Crippen LogP) is -0.292. The van der Waals surface area contributed by atoms with Crippen molar-refractivity contribution in [3.63, 3.8) is 0 Å². The maximum Gasteiger partial charge on any atom is 0.244 e. The molecule has 1 rings (SSSR count). The van der Waals surface area contributed by atoms with Gasteiger partial charge in [0, 0.05) is 32.8 Å². The van der Waals surface area contributed by atoms with Gasteiger partial charge in [0.05, 0.1) is 13.7 Å². The molecular weight excluding hydrogens is 334 g/mol. The quantitative estimate of drug-likeness (QED) is 0.391. The fourth-order valence-electron chi connectivity index (χ4n) is 1.82. The first-order chi connectivity index (χ1) is 11.4. The number of nitrogens with two attached hydrogens (primary N) is 1. The van der Waals surface area contributed by atoms with Gasteiger partial charge in [0.15, 0.2) is 0 Å². The number of ether oxygens (including phenoxy) is 2. The molecule has 0 saturated heterocycles. The molecule has 0 aliphatic heterocycles. The summed E-state index contributed by atoms with van der Waals surface area (Å²) in [7, 11) is -0.935. The molecule has 0 bridgehead atoms. The monoisotopic (exact) mass is 357 g/mol. The summed E-state index contributed by atoms with van der Waals surface area (Å²) in [5, 5.41) is 10.9. The van der Waals surface area contributed by atoms with Gasteiger partial charge in [-0.15, -0.1) is 0 Å². The normalized spacial score (nSPS) is 11.6. The molecule has 0 aliphatic rings. The molecule has 9 heteroatoms. The third-order valence-electron chi connectivity index (χ3n) is 3.01. The first-order valence-corrected chi connectivity index (χ1v) is 8.79. The molecule has 1 aromatic rings. The number of nitrogens with one attached hydrogen (secondary N) is 2. The molecule has 0 heterocycles. The number of hydrogen-bond donors (Lipinski definition) is 3. The topological polar surface area (TPSA) is 120 Å². The van der Waals surface area contributed by atoms with E-state index in [-0.39, 0.29) is 16.6 Å². The second-order valence-electron chi connectivity index (χ2n) is 4.82. The van der Waals surface area contributed by atoms with Crippen LogP contribution in [-0.2, 0) is 19.6 Å². The third-order valence-corrected chi connectivity index (χ3v) is 3.94. The summed E-state index contributed by atoms with van der Waals surface area (Å²) in [4.78, 5) is 11.6. The molecule has 0 spiro atoms. The summed E-state index contributed by atoms with van der Waals surface area (Å²) < 4.78 is 32.9. The molecule has 0 atom stereocenters. The molecule has 4 N–H and O–H groups in total. The van der Waals surface area contributed by atoms with Gasteiger partial charge in [-0.25, -0.2) is 13.6 Å². The van der Waals surface area contributed by atoms with E-state index in [2.05, 4.69) is 10.6 Å². The standard InChI is InChI=1S/C15H23N3O5S/c1-22-10-9-17-7-8-18-15(19)6-4-12-3-5-13(23-2)14(11-12)24(16,20)21/h3-6,11,17H,7-10H2,1-2H3,(H,18,19)(H2,16,20,21)/b6-4+. The molecule has 1 amide bonds. The van der Waals surface area contributed by atoms with E-state index >= 15 is 0 Å². The number of amides is 1. The van der Waals surface area contributed by atoms with E-state index < -0.39 is 10.0 Å². The minimum Gasteiger partial charge on any atom is -0.495 e. The number of rotatable bonds is 10. The Morgan fingerprint density at radius 2 is 2.00 bits per heavy atom. The van der Waals surface area contributed by atoms with Gasteiger partial charge in [0.25, 0.3) is 0 Å². The number of carbonyl (C=O) groups is 1. The SMILES string of the molecule is COCCNCCNC(=O)/C=C/c1ccc(OC)c(S(N)(=O)=O)c1. The van der Waals surface area contributed by atoms with Crippen LogP contribution in [0.3, 0.4) is 0 Å². The Bertz CT molecular complexity index is 674. The number of carbonyl (C=O) groups excluding carboxylic acids is 1. The zero-order valence-electron chi connectivity index (χ0n) is 13.7. The van der Waals surface area contributed by atoms with Gasteiger partial charge in [0.1, 0.15) is 10.6 Å². The van der Waals surface area contributed by atoms with Crippen molar-refractivity contribution in [3.8, 4) is 5.75 Å². The zero-order valence-corrected chi connectivity index (χ0v) is 14.6. The van der Waals surface area contributed by atoms with E-state index in [1.165, 1.54) is 31.4 Å². The number of primary sulfonamides is 1. The maximum absolute atomic E-state index is 11.7. The summed E-state index contributed by atoms with van der Waals surface area (Å²) in [6, 6.07) is 4.46. The van der Waals surface area contributed by atoms with Gasteiger partial charge in [-0.1, -0.05) is 6.07 Å². The van der Waals surface area contributed by atoms with Crippen molar-refractivity contribution in [3.05, 3.63) is 29.8 Å². The van der Waals surface area contributed by atoms with Crippen LogP contribution >= 0.6 is 0 Å². The van der Waals surface area contributed by atoms with Gasteiger partial charge in [0.2, 0.25) is 15.9 Å². The minimum absolute atomic E-state index is 0.130. The second-order valence-corrected chi connectivity index (χ2v) is 6.35. The van der Waals surface area contributed by atoms with Gasteiger partial charge in [-0.2, -0.15) is 0 Å². The highest BCUT2D eigenvalue weighted by Crippen LogP contribution is 2.24. The Balaban J connectivity index is 2.59. The van der Waals surface area contributed by atoms with Gasteiger partial charge < -0.3 is 20.1 Å². The first kappa shape index (κ1) is 20.1. The Hall–Kier alpha value is -1.94. The average molecular weight is 357 g/mol. The lowest BCUT2D eigenvalue weighted by molar-refractivity contribution is -0.116. The van der Waals surface area contributed by atoms with Crippen molar-refractivity contribution in [1.29, 1.82) is 0 Å². The molecule has 0 aromatic heterocycles. The van der Waals surface area contributed by atoms with Crippen molar-refractivity contribution < 1.29 is 22.7 Å². The van der Waals surface area contributed by atoms with Gasteiger partial charge in [-0.05, 0) is 23.8 Å². The highest BCUT2D eigenvalue weighted by Gasteiger charge is 2.14. The van der Waals surface area contributed by atoms with Crippen LogP contribution in [0.1, 0.15) is 5.56 Å². The van der Waals surface area contributed by atoms with E-state index in [9.17, 15) is 13.2 Å². The molecule has 0 aliphatic carbocycles. The van der Waals surface area contributed by atoms with Crippen molar-refractivity contribution in [2.24, 2.45) is 5.14 Å².